The second-order valence-corrected chi connectivity index (χ2v) is 7.77. The number of aryl methyl sites for hydroxylation is 1. The molecule has 0 amide bonds. The van der Waals surface area contributed by atoms with Gasteiger partial charge in [-0.25, -0.2) is 9.97 Å². The first kappa shape index (κ1) is 18.1. The molecule has 0 saturated carbocycles. The third-order valence-corrected chi connectivity index (χ3v) is 5.66. The lowest BCUT2D eigenvalue weighted by Gasteiger charge is -2.29. The SMILES string of the molecule is Cc1ccc(C2=NC=C(c3nccc(NC4CCN(C)CC4)n3)C2)cc1Cl. The van der Waals surface area contributed by atoms with Crippen molar-refractivity contribution in [3.63, 3.8) is 0 Å². The second kappa shape index (κ2) is 7.79. The molecule has 5 nitrogen and oxygen atoms in total. The Labute approximate surface area is 165 Å². The topological polar surface area (TPSA) is 53.4 Å². The van der Waals surface area contributed by atoms with Gasteiger partial charge in [0.05, 0.1) is 5.71 Å². The number of piperidine rings is 1. The van der Waals surface area contributed by atoms with Crippen LogP contribution in [0.15, 0.2) is 41.7 Å². The molecule has 6 heteroatoms. The highest BCUT2D eigenvalue weighted by atomic mass is 35.5. The first-order chi connectivity index (χ1) is 13.1. The third kappa shape index (κ3) is 4.20. The fraction of sp³-hybridized carbons (Fsp3) is 0.381. The number of aliphatic imine (C=N–C) groups is 1. The standard InChI is InChI=1S/C21H24ClN5/c1-14-3-4-15(11-18(14)22)19-12-16(13-24-19)21-23-8-5-20(26-21)25-17-6-9-27(2)10-7-17/h3-5,8,11,13,17H,6-7,9-10,12H2,1-2H3,(H,23,25,26). The summed E-state index contributed by atoms with van der Waals surface area (Å²) < 4.78 is 0. The summed E-state index contributed by atoms with van der Waals surface area (Å²) in [5.74, 6) is 1.63. The molecule has 4 rings (SSSR count). The zero-order valence-corrected chi connectivity index (χ0v) is 16.5. The van der Waals surface area contributed by atoms with Gasteiger partial charge in [0.25, 0.3) is 0 Å². The van der Waals surface area contributed by atoms with Crippen molar-refractivity contribution in [3.05, 3.63) is 58.6 Å². The maximum Gasteiger partial charge on any atom is 0.159 e. The zero-order chi connectivity index (χ0) is 18.8. The van der Waals surface area contributed by atoms with Gasteiger partial charge in [-0.05, 0) is 63.2 Å². The summed E-state index contributed by atoms with van der Waals surface area (Å²) in [4.78, 5) is 16.1. The molecule has 2 aromatic rings. The van der Waals surface area contributed by atoms with E-state index in [4.69, 9.17) is 16.6 Å². The number of allylic oxidation sites excluding steroid dienone is 1. The number of aromatic nitrogens is 2. The lowest BCUT2D eigenvalue weighted by Crippen LogP contribution is -2.36. The monoisotopic (exact) mass is 381 g/mol. The highest BCUT2D eigenvalue weighted by Crippen LogP contribution is 2.27. The number of nitrogens with zero attached hydrogens (tertiary/aromatic N) is 4. The Morgan fingerprint density at radius 1 is 1.19 bits per heavy atom. The van der Waals surface area contributed by atoms with Gasteiger partial charge in [-0.2, -0.15) is 0 Å². The van der Waals surface area contributed by atoms with Gasteiger partial charge in [0.1, 0.15) is 5.82 Å². The molecule has 0 spiro atoms. The van der Waals surface area contributed by atoms with Crippen LogP contribution in [0.2, 0.25) is 5.02 Å². The molecule has 1 N–H and O–H groups in total. The van der Waals surface area contributed by atoms with Crippen molar-refractivity contribution < 1.29 is 0 Å². The summed E-state index contributed by atoms with van der Waals surface area (Å²) in [6.45, 7) is 4.25. The first-order valence-corrected chi connectivity index (χ1v) is 9.77. The molecule has 0 radical (unpaired) electrons. The quantitative estimate of drug-likeness (QED) is 0.863. The molecular formula is C21H24ClN5. The van der Waals surface area contributed by atoms with Crippen molar-refractivity contribution in [2.24, 2.45) is 4.99 Å². The van der Waals surface area contributed by atoms with Gasteiger partial charge in [-0.1, -0.05) is 23.7 Å². The fourth-order valence-corrected chi connectivity index (χ4v) is 3.65. The van der Waals surface area contributed by atoms with Crippen LogP contribution >= 0.6 is 11.6 Å². The molecule has 1 aromatic carbocycles. The van der Waals surface area contributed by atoms with Gasteiger partial charge < -0.3 is 10.2 Å². The first-order valence-electron chi connectivity index (χ1n) is 9.39. The number of anilines is 1. The summed E-state index contributed by atoms with van der Waals surface area (Å²) in [6.07, 6.45) is 6.69. The molecule has 0 bridgehead atoms. The summed E-state index contributed by atoms with van der Waals surface area (Å²) in [5, 5.41) is 4.33. The average molecular weight is 382 g/mol. The van der Waals surface area contributed by atoms with Crippen LogP contribution in [0.3, 0.4) is 0 Å². The molecule has 27 heavy (non-hydrogen) atoms. The number of nitrogens with one attached hydrogen (secondary N) is 1. The maximum atomic E-state index is 6.26. The number of rotatable bonds is 4. The van der Waals surface area contributed by atoms with Crippen LogP contribution in [0.5, 0.6) is 0 Å². The molecule has 1 saturated heterocycles. The molecule has 0 unspecified atom stereocenters. The summed E-state index contributed by atoms with van der Waals surface area (Å²) in [7, 11) is 2.17. The molecular weight excluding hydrogens is 358 g/mol. The largest absolute Gasteiger partial charge is 0.367 e. The van der Waals surface area contributed by atoms with E-state index in [0.717, 1.165) is 71.4 Å². The predicted molar refractivity (Wildman–Crippen MR) is 111 cm³/mol. The Morgan fingerprint density at radius 3 is 2.78 bits per heavy atom. The predicted octanol–water partition coefficient (Wildman–Crippen LogP) is 4.18. The van der Waals surface area contributed by atoms with Crippen molar-refractivity contribution in [2.75, 3.05) is 25.5 Å². The normalized spacial score (nSPS) is 18.3. The van der Waals surface area contributed by atoms with E-state index >= 15 is 0 Å². The molecule has 3 heterocycles. The number of benzene rings is 1. The highest BCUT2D eigenvalue weighted by molar-refractivity contribution is 6.31. The van der Waals surface area contributed by atoms with E-state index in [2.05, 4.69) is 33.3 Å². The summed E-state index contributed by atoms with van der Waals surface area (Å²) in [5.41, 5.74) is 4.17. The summed E-state index contributed by atoms with van der Waals surface area (Å²) in [6, 6.07) is 8.49. The van der Waals surface area contributed by atoms with E-state index in [-0.39, 0.29) is 0 Å². The Hall–Kier alpha value is -2.24. The lowest BCUT2D eigenvalue weighted by molar-refractivity contribution is 0.263. The zero-order valence-electron chi connectivity index (χ0n) is 15.7. The second-order valence-electron chi connectivity index (χ2n) is 7.36. The number of likely N-dealkylation sites (tertiary alicyclic amines) is 1. The minimum absolute atomic E-state index is 0.475. The Kier molecular flexibility index (Phi) is 5.23. The van der Waals surface area contributed by atoms with E-state index < -0.39 is 0 Å². The van der Waals surface area contributed by atoms with Gasteiger partial charge >= 0.3 is 0 Å². The van der Waals surface area contributed by atoms with Crippen LogP contribution in [0.25, 0.3) is 5.57 Å². The highest BCUT2D eigenvalue weighted by Gasteiger charge is 2.19. The van der Waals surface area contributed by atoms with E-state index in [1.54, 1.807) is 0 Å². The van der Waals surface area contributed by atoms with Gasteiger partial charge in [-0.15, -0.1) is 0 Å². The van der Waals surface area contributed by atoms with Crippen molar-refractivity contribution in [1.29, 1.82) is 0 Å². The van der Waals surface area contributed by atoms with Crippen LogP contribution in [0, 0.1) is 6.92 Å². The molecule has 2 aliphatic rings. The van der Waals surface area contributed by atoms with Gasteiger partial charge in [0, 0.05) is 35.5 Å². The number of halogens is 1. The van der Waals surface area contributed by atoms with Crippen molar-refractivity contribution in [3.8, 4) is 0 Å². The van der Waals surface area contributed by atoms with Gasteiger partial charge in [-0.3, -0.25) is 4.99 Å². The number of hydrogen-bond donors (Lipinski definition) is 1. The van der Waals surface area contributed by atoms with E-state index in [9.17, 15) is 0 Å². The molecule has 140 valence electrons. The van der Waals surface area contributed by atoms with Gasteiger partial charge in [0.15, 0.2) is 5.82 Å². The van der Waals surface area contributed by atoms with E-state index in [1.807, 2.05) is 37.5 Å². The molecule has 0 aliphatic carbocycles. The van der Waals surface area contributed by atoms with Crippen LogP contribution in [0.4, 0.5) is 5.82 Å². The average Bonchev–Trinajstić information content (AvgIpc) is 3.16. The summed E-state index contributed by atoms with van der Waals surface area (Å²) >= 11 is 6.26. The van der Waals surface area contributed by atoms with Crippen LogP contribution in [-0.2, 0) is 0 Å². The molecule has 0 atom stereocenters. The minimum atomic E-state index is 0.475. The van der Waals surface area contributed by atoms with E-state index in [1.165, 1.54) is 0 Å². The van der Waals surface area contributed by atoms with Crippen LogP contribution in [0.1, 0.15) is 36.2 Å². The van der Waals surface area contributed by atoms with Crippen LogP contribution < -0.4 is 5.32 Å². The number of hydrogen-bond acceptors (Lipinski definition) is 5. The Morgan fingerprint density at radius 2 is 2.00 bits per heavy atom. The van der Waals surface area contributed by atoms with Crippen molar-refractivity contribution >= 4 is 28.7 Å². The van der Waals surface area contributed by atoms with E-state index in [0.29, 0.717) is 6.04 Å². The lowest BCUT2D eigenvalue weighted by atomic mass is 10.0. The van der Waals surface area contributed by atoms with Crippen molar-refractivity contribution in [2.45, 2.75) is 32.2 Å². The third-order valence-electron chi connectivity index (χ3n) is 5.25. The Bertz CT molecular complexity index is 897. The Balaban J connectivity index is 1.43. The molecule has 1 aromatic heterocycles. The maximum absolute atomic E-state index is 6.26. The molecule has 1 fully saturated rings. The van der Waals surface area contributed by atoms with Crippen LogP contribution in [-0.4, -0.2) is 46.8 Å². The smallest absolute Gasteiger partial charge is 0.159 e. The van der Waals surface area contributed by atoms with Gasteiger partial charge in [0.2, 0.25) is 0 Å². The molecule has 2 aliphatic heterocycles. The van der Waals surface area contributed by atoms with Crippen molar-refractivity contribution in [1.82, 2.24) is 14.9 Å². The minimum Gasteiger partial charge on any atom is -0.367 e. The fourth-order valence-electron chi connectivity index (χ4n) is 3.47.